The Morgan fingerprint density at radius 3 is 2.42 bits per heavy atom. The second kappa shape index (κ2) is 12.5. The first-order valence-corrected chi connectivity index (χ1v) is 14.7. The van der Waals surface area contributed by atoms with Crippen molar-refractivity contribution in [3.05, 3.63) is 112 Å². The molecule has 0 saturated carbocycles. The highest BCUT2D eigenvalue weighted by Crippen LogP contribution is 2.37. The molecule has 0 amide bonds. The van der Waals surface area contributed by atoms with E-state index in [0.29, 0.717) is 0 Å². The molecular weight excluding hydrogens is 528 g/mol. The normalized spacial score (nSPS) is 12.8. The fourth-order valence-corrected chi connectivity index (χ4v) is 6.02. The number of rotatable bonds is 7. The smallest absolute Gasteiger partial charge is 0.0537 e. The minimum absolute atomic E-state index is 0.976. The van der Waals surface area contributed by atoms with E-state index in [1.54, 1.807) is 0 Å². The highest BCUT2D eigenvalue weighted by Gasteiger charge is 2.21. The van der Waals surface area contributed by atoms with Gasteiger partial charge in [-0.2, -0.15) is 0 Å². The molecule has 0 atom stereocenters. The van der Waals surface area contributed by atoms with E-state index in [1.807, 2.05) is 26.0 Å². The van der Waals surface area contributed by atoms with Crippen molar-refractivity contribution in [1.82, 2.24) is 9.13 Å². The van der Waals surface area contributed by atoms with Crippen LogP contribution in [0.15, 0.2) is 77.8 Å². The molecule has 2 heterocycles. The molecule has 0 spiro atoms. The maximum atomic E-state index is 3.92. The van der Waals surface area contributed by atoms with Crippen molar-refractivity contribution in [1.29, 1.82) is 0 Å². The Balaban J connectivity index is 0.00000164. The van der Waals surface area contributed by atoms with Crippen molar-refractivity contribution in [3.8, 4) is 11.4 Å². The molecule has 196 valence electrons. The van der Waals surface area contributed by atoms with E-state index in [9.17, 15) is 0 Å². The van der Waals surface area contributed by atoms with Crippen LogP contribution < -0.4 is 0 Å². The molecule has 4 aromatic rings. The largest absolute Gasteiger partial charge is 0.310 e. The lowest BCUT2D eigenvalue weighted by molar-refractivity contribution is 0.963. The van der Waals surface area contributed by atoms with Gasteiger partial charge in [-0.1, -0.05) is 92.7 Å². The van der Waals surface area contributed by atoms with Crippen molar-refractivity contribution in [2.45, 2.75) is 60.3 Å². The van der Waals surface area contributed by atoms with Crippen molar-refractivity contribution in [2.75, 3.05) is 0 Å². The molecule has 38 heavy (non-hydrogen) atoms. The van der Waals surface area contributed by atoms with E-state index in [4.69, 9.17) is 0 Å². The lowest BCUT2D eigenvalue weighted by Crippen LogP contribution is -2.04. The van der Waals surface area contributed by atoms with E-state index < -0.39 is 0 Å². The second-order valence-electron chi connectivity index (χ2n) is 9.29. The van der Waals surface area contributed by atoms with E-state index in [1.165, 1.54) is 44.7 Å². The average molecular weight is 568 g/mol. The molecule has 0 saturated heterocycles. The number of hydrogen-bond donors (Lipinski definition) is 0. The Morgan fingerprint density at radius 2 is 1.71 bits per heavy atom. The number of benzene rings is 2. The van der Waals surface area contributed by atoms with Gasteiger partial charge in [0.05, 0.1) is 5.52 Å². The third-order valence-corrected chi connectivity index (χ3v) is 7.58. The predicted octanol–water partition coefficient (Wildman–Crippen LogP) is 10.7. The molecule has 1 aliphatic rings. The summed E-state index contributed by atoms with van der Waals surface area (Å²) in [6.07, 6.45) is 19.4. The first-order chi connectivity index (χ1) is 18.6. The molecule has 0 aliphatic heterocycles. The highest BCUT2D eigenvalue weighted by molar-refractivity contribution is 9.10. The number of aromatic nitrogens is 2. The molecule has 3 heteroatoms. The van der Waals surface area contributed by atoms with Crippen LogP contribution in [0, 0.1) is 6.92 Å². The molecule has 2 aromatic heterocycles. The maximum absolute atomic E-state index is 3.92. The van der Waals surface area contributed by atoms with Gasteiger partial charge in [0, 0.05) is 38.3 Å². The molecule has 2 nitrogen and oxygen atoms in total. The summed E-state index contributed by atoms with van der Waals surface area (Å²) in [6, 6.07) is 15.6. The number of fused-ring (bicyclic) bond motifs is 3. The van der Waals surface area contributed by atoms with Gasteiger partial charge in [0.15, 0.2) is 0 Å². The second-order valence-corrected chi connectivity index (χ2v) is 10.2. The maximum Gasteiger partial charge on any atom is 0.0537 e. The summed E-state index contributed by atoms with van der Waals surface area (Å²) in [5.41, 5.74) is 11.5. The quantitative estimate of drug-likeness (QED) is 0.197. The van der Waals surface area contributed by atoms with Crippen LogP contribution in [0.4, 0.5) is 0 Å². The van der Waals surface area contributed by atoms with Gasteiger partial charge in [-0.25, -0.2) is 0 Å². The van der Waals surface area contributed by atoms with Gasteiger partial charge in [0.2, 0.25) is 0 Å². The summed E-state index contributed by atoms with van der Waals surface area (Å²) in [5.74, 6) is 0. The van der Waals surface area contributed by atoms with Crippen LogP contribution in [0.3, 0.4) is 0 Å². The standard InChI is InChI=1S/C33H33BrN2.C2H6/c1-5-8-16-30-23(4)27(7-3)31(17-9-6-2)35(30)25-20-24(34)21-26(22-25)36-32-18-12-10-14-28(32)29-15-11-13-19-33(29)36;1-2/h6,8-10,12-14,16-22H,2,5,7,11,15H2,1,3-4H3;1-2H3/b16-8-,17-9-;. The monoisotopic (exact) mass is 566 g/mol. The molecule has 5 rings (SSSR count). The molecule has 0 fully saturated rings. The number of allylic oxidation sites excluding steroid dienone is 4. The van der Waals surface area contributed by atoms with Gasteiger partial charge < -0.3 is 9.13 Å². The topological polar surface area (TPSA) is 9.86 Å². The fraction of sp³-hybridized carbons (Fsp3) is 0.257. The lowest BCUT2D eigenvalue weighted by atomic mass is 10.0. The van der Waals surface area contributed by atoms with Gasteiger partial charge in [-0.15, -0.1) is 0 Å². The van der Waals surface area contributed by atoms with Gasteiger partial charge in [-0.05, 0) is 91.8 Å². The van der Waals surface area contributed by atoms with Gasteiger partial charge in [0.1, 0.15) is 0 Å². The number of para-hydroxylation sites is 1. The zero-order valence-electron chi connectivity index (χ0n) is 23.4. The van der Waals surface area contributed by atoms with Crippen LogP contribution in [-0.4, -0.2) is 9.13 Å². The van der Waals surface area contributed by atoms with Crippen LogP contribution in [-0.2, 0) is 12.8 Å². The summed E-state index contributed by atoms with van der Waals surface area (Å²) in [5, 5.41) is 1.35. The minimum atomic E-state index is 0.976. The van der Waals surface area contributed by atoms with E-state index >= 15 is 0 Å². The molecule has 0 bridgehead atoms. The molecule has 0 unspecified atom stereocenters. The van der Waals surface area contributed by atoms with Crippen molar-refractivity contribution in [3.63, 3.8) is 0 Å². The van der Waals surface area contributed by atoms with Crippen LogP contribution in [0.25, 0.3) is 40.5 Å². The van der Waals surface area contributed by atoms with Crippen LogP contribution in [0.5, 0.6) is 0 Å². The van der Waals surface area contributed by atoms with Gasteiger partial charge in [-0.3, -0.25) is 0 Å². The van der Waals surface area contributed by atoms with Crippen molar-refractivity contribution >= 4 is 45.1 Å². The number of halogens is 1. The Hall–Kier alpha value is -3.30. The van der Waals surface area contributed by atoms with Crippen LogP contribution >= 0.6 is 15.9 Å². The Morgan fingerprint density at radius 1 is 0.974 bits per heavy atom. The zero-order valence-corrected chi connectivity index (χ0v) is 25.0. The SMILES string of the molecule is C=C/C=C\c1c(CC)c(C)c(/C=C\CC)n1-c1cc(Br)cc(-n2c3c(c4ccccc42)CCC=C3)c1.CC. The third kappa shape index (κ3) is 5.05. The van der Waals surface area contributed by atoms with Crippen molar-refractivity contribution in [2.24, 2.45) is 0 Å². The predicted molar refractivity (Wildman–Crippen MR) is 172 cm³/mol. The fourth-order valence-electron chi connectivity index (χ4n) is 5.55. The van der Waals surface area contributed by atoms with E-state index in [0.717, 1.165) is 41.5 Å². The summed E-state index contributed by atoms with van der Waals surface area (Å²) in [6.45, 7) is 14.6. The van der Waals surface area contributed by atoms with Gasteiger partial charge >= 0.3 is 0 Å². The third-order valence-electron chi connectivity index (χ3n) is 7.12. The van der Waals surface area contributed by atoms with E-state index in [2.05, 4.69) is 125 Å². The summed E-state index contributed by atoms with van der Waals surface area (Å²) in [7, 11) is 0. The van der Waals surface area contributed by atoms with Gasteiger partial charge in [0.25, 0.3) is 0 Å². The molecular formula is C35H39BrN2. The Bertz CT molecular complexity index is 1540. The molecule has 1 aliphatic carbocycles. The Kier molecular flexibility index (Phi) is 9.12. The summed E-state index contributed by atoms with van der Waals surface area (Å²) >= 11 is 3.86. The minimum Gasteiger partial charge on any atom is -0.310 e. The molecule has 2 aromatic carbocycles. The highest BCUT2D eigenvalue weighted by atomic mass is 79.9. The molecule has 0 radical (unpaired) electrons. The number of nitrogens with zero attached hydrogens (tertiary/aromatic N) is 2. The molecule has 0 N–H and O–H groups in total. The first-order valence-electron chi connectivity index (χ1n) is 13.9. The average Bonchev–Trinajstić information content (AvgIpc) is 3.42. The summed E-state index contributed by atoms with van der Waals surface area (Å²) < 4.78 is 5.89. The number of aryl methyl sites for hydroxylation is 1. The Labute approximate surface area is 236 Å². The van der Waals surface area contributed by atoms with Crippen LogP contribution in [0.1, 0.15) is 74.3 Å². The summed E-state index contributed by atoms with van der Waals surface area (Å²) in [4.78, 5) is 0. The van der Waals surface area contributed by atoms with Crippen molar-refractivity contribution < 1.29 is 0 Å². The van der Waals surface area contributed by atoms with E-state index in [-0.39, 0.29) is 0 Å². The number of hydrogen-bond acceptors (Lipinski definition) is 0. The zero-order chi connectivity index (χ0) is 27.2. The lowest BCUT2D eigenvalue weighted by Gasteiger charge is -2.17. The first kappa shape index (κ1) is 27.7. The van der Waals surface area contributed by atoms with Crippen LogP contribution in [0.2, 0.25) is 0 Å².